The van der Waals surface area contributed by atoms with E-state index < -0.39 is 0 Å². The zero-order valence-corrected chi connectivity index (χ0v) is 10.6. The van der Waals surface area contributed by atoms with Crippen LogP contribution in [0.25, 0.3) is 0 Å². The molecular weight excluding hydrogens is 218 g/mol. The largest absolute Gasteiger partial charge is 0.381 e. The van der Waals surface area contributed by atoms with E-state index in [1.807, 2.05) is 0 Å². The van der Waals surface area contributed by atoms with Gasteiger partial charge in [-0.15, -0.1) is 0 Å². The molecule has 1 aliphatic heterocycles. The van der Waals surface area contributed by atoms with Gasteiger partial charge in [-0.3, -0.25) is 0 Å². The van der Waals surface area contributed by atoms with E-state index in [0.717, 1.165) is 44.2 Å². The van der Waals surface area contributed by atoms with Gasteiger partial charge in [-0.2, -0.15) is 4.98 Å². The van der Waals surface area contributed by atoms with E-state index in [1.165, 1.54) is 0 Å². The summed E-state index contributed by atoms with van der Waals surface area (Å²) in [4.78, 5) is 4.33. The van der Waals surface area contributed by atoms with Crippen LogP contribution >= 0.6 is 0 Å². The molecule has 5 heteroatoms. The lowest BCUT2D eigenvalue weighted by Crippen LogP contribution is -2.33. The number of ether oxygens (including phenoxy) is 1. The molecule has 2 rings (SSSR count). The zero-order valence-electron chi connectivity index (χ0n) is 10.6. The molecule has 1 saturated heterocycles. The monoisotopic (exact) mass is 239 g/mol. The number of nitrogens with one attached hydrogen (secondary N) is 1. The van der Waals surface area contributed by atoms with Crippen LogP contribution in [0.1, 0.15) is 38.4 Å². The maximum Gasteiger partial charge on any atom is 0.226 e. The Bertz CT molecular complexity index is 334. The first-order valence-corrected chi connectivity index (χ1v) is 6.42. The number of nitrogens with zero attached hydrogens (tertiary/aromatic N) is 2. The fourth-order valence-electron chi connectivity index (χ4n) is 2.04. The first kappa shape index (κ1) is 12.5. The molecule has 17 heavy (non-hydrogen) atoms. The highest BCUT2D eigenvalue weighted by atomic mass is 16.5. The summed E-state index contributed by atoms with van der Waals surface area (Å²) in [6.07, 6.45) is 3.03. The zero-order chi connectivity index (χ0) is 12.1. The quantitative estimate of drug-likeness (QED) is 0.816. The van der Waals surface area contributed by atoms with E-state index in [4.69, 9.17) is 9.26 Å². The predicted molar refractivity (Wildman–Crippen MR) is 63.5 cm³/mol. The summed E-state index contributed by atoms with van der Waals surface area (Å²) < 4.78 is 10.5. The van der Waals surface area contributed by atoms with Gasteiger partial charge in [0, 0.05) is 19.1 Å². The van der Waals surface area contributed by atoms with Crippen LogP contribution in [0.4, 0.5) is 0 Å². The Labute approximate surface area is 102 Å². The van der Waals surface area contributed by atoms with Crippen molar-refractivity contribution >= 4 is 0 Å². The van der Waals surface area contributed by atoms with Crippen molar-refractivity contribution in [3.63, 3.8) is 0 Å². The van der Waals surface area contributed by atoms with E-state index in [-0.39, 0.29) is 0 Å². The summed E-state index contributed by atoms with van der Waals surface area (Å²) in [6.45, 7) is 6.71. The summed E-state index contributed by atoms with van der Waals surface area (Å²) in [7, 11) is 0. The van der Waals surface area contributed by atoms with Gasteiger partial charge in [-0.1, -0.05) is 12.1 Å². The van der Waals surface area contributed by atoms with Crippen LogP contribution in [0, 0.1) is 5.92 Å². The number of hydrogen-bond donors (Lipinski definition) is 1. The van der Waals surface area contributed by atoms with E-state index in [9.17, 15) is 0 Å². The minimum absolute atomic E-state index is 0.436. The van der Waals surface area contributed by atoms with Crippen molar-refractivity contribution in [2.45, 2.75) is 45.7 Å². The number of aromatic nitrogens is 2. The fourth-order valence-corrected chi connectivity index (χ4v) is 2.04. The van der Waals surface area contributed by atoms with Crippen molar-refractivity contribution in [1.29, 1.82) is 0 Å². The molecule has 0 amide bonds. The molecule has 1 N–H and O–H groups in total. The van der Waals surface area contributed by atoms with Gasteiger partial charge in [0.1, 0.15) is 0 Å². The molecule has 2 heterocycles. The van der Waals surface area contributed by atoms with Crippen molar-refractivity contribution in [2.75, 3.05) is 13.2 Å². The van der Waals surface area contributed by atoms with E-state index in [2.05, 4.69) is 29.3 Å². The SMILES string of the molecule is CCCc1nc(CN[C@@H](C)[C@@H]2CCOC2)no1. The maximum absolute atomic E-state index is 5.38. The predicted octanol–water partition coefficient (Wildman–Crippen LogP) is 1.54. The maximum atomic E-state index is 5.38. The van der Waals surface area contributed by atoms with Crippen LogP contribution in [0.2, 0.25) is 0 Å². The number of hydrogen-bond acceptors (Lipinski definition) is 5. The van der Waals surface area contributed by atoms with Gasteiger partial charge in [0.2, 0.25) is 5.89 Å². The lowest BCUT2D eigenvalue weighted by atomic mass is 10.0. The van der Waals surface area contributed by atoms with Crippen LogP contribution in [0.3, 0.4) is 0 Å². The van der Waals surface area contributed by atoms with E-state index >= 15 is 0 Å². The number of rotatable bonds is 6. The molecule has 5 nitrogen and oxygen atoms in total. The van der Waals surface area contributed by atoms with Gasteiger partial charge >= 0.3 is 0 Å². The molecule has 0 bridgehead atoms. The number of aryl methyl sites for hydroxylation is 1. The van der Waals surface area contributed by atoms with Gasteiger partial charge in [0.25, 0.3) is 0 Å². The molecule has 0 radical (unpaired) electrons. The second-order valence-corrected chi connectivity index (χ2v) is 4.65. The average Bonchev–Trinajstić information content (AvgIpc) is 2.97. The van der Waals surface area contributed by atoms with Crippen LogP contribution in [-0.2, 0) is 17.7 Å². The second kappa shape index (κ2) is 6.12. The lowest BCUT2D eigenvalue weighted by molar-refractivity contribution is 0.178. The van der Waals surface area contributed by atoms with Crippen molar-refractivity contribution in [3.05, 3.63) is 11.7 Å². The molecule has 1 fully saturated rings. The van der Waals surface area contributed by atoms with E-state index in [0.29, 0.717) is 18.5 Å². The van der Waals surface area contributed by atoms with Crippen LogP contribution in [0.5, 0.6) is 0 Å². The van der Waals surface area contributed by atoms with Gasteiger partial charge in [-0.25, -0.2) is 0 Å². The van der Waals surface area contributed by atoms with Gasteiger partial charge in [0.15, 0.2) is 5.82 Å². The third-order valence-electron chi connectivity index (χ3n) is 3.23. The summed E-state index contributed by atoms with van der Waals surface area (Å²) in [5.74, 6) is 2.09. The van der Waals surface area contributed by atoms with Gasteiger partial charge in [0.05, 0.1) is 13.2 Å². The normalized spacial score (nSPS) is 21.9. The minimum atomic E-state index is 0.436. The van der Waals surface area contributed by atoms with Crippen molar-refractivity contribution in [2.24, 2.45) is 5.92 Å². The van der Waals surface area contributed by atoms with Gasteiger partial charge in [-0.05, 0) is 25.7 Å². The topological polar surface area (TPSA) is 60.2 Å². The molecule has 2 atom stereocenters. The Kier molecular flexibility index (Phi) is 4.50. The highest BCUT2D eigenvalue weighted by Gasteiger charge is 2.22. The second-order valence-electron chi connectivity index (χ2n) is 4.65. The minimum Gasteiger partial charge on any atom is -0.381 e. The smallest absolute Gasteiger partial charge is 0.226 e. The summed E-state index contributed by atoms with van der Waals surface area (Å²) >= 11 is 0. The molecular formula is C12H21N3O2. The summed E-state index contributed by atoms with van der Waals surface area (Å²) in [5, 5.41) is 7.38. The molecule has 1 aliphatic rings. The molecule has 0 spiro atoms. The van der Waals surface area contributed by atoms with Gasteiger partial charge < -0.3 is 14.6 Å². The fraction of sp³-hybridized carbons (Fsp3) is 0.833. The molecule has 1 aromatic rings. The first-order valence-electron chi connectivity index (χ1n) is 6.42. The van der Waals surface area contributed by atoms with Crippen molar-refractivity contribution < 1.29 is 9.26 Å². The molecule has 96 valence electrons. The molecule has 0 aliphatic carbocycles. The van der Waals surface area contributed by atoms with Crippen molar-refractivity contribution in [3.8, 4) is 0 Å². The molecule has 1 aromatic heterocycles. The Morgan fingerprint density at radius 3 is 3.12 bits per heavy atom. The lowest BCUT2D eigenvalue weighted by Gasteiger charge is -2.17. The van der Waals surface area contributed by atoms with Crippen molar-refractivity contribution in [1.82, 2.24) is 15.5 Å². The highest BCUT2D eigenvalue weighted by Crippen LogP contribution is 2.16. The Morgan fingerprint density at radius 2 is 2.41 bits per heavy atom. The standard InChI is InChI=1S/C12H21N3O2/c1-3-4-12-14-11(15-17-12)7-13-9(2)10-5-6-16-8-10/h9-10,13H,3-8H2,1-2H3/t9-,10+/m0/s1. The Morgan fingerprint density at radius 1 is 1.53 bits per heavy atom. The highest BCUT2D eigenvalue weighted by molar-refractivity contribution is 4.87. The molecule has 0 aromatic carbocycles. The third kappa shape index (κ3) is 3.51. The third-order valence-corrected chi connectivity index (χ3v) is 3.23. The summed E-state index contributed by atoms with van der Waals surface area (Å²) in [5.41, 5.74) is 0. The Hall–Kier alpha value is -0.940. The van der Waals surface area contributed by atoms with Crippen LogP contribution in [0.15, 0.2) is 4.52 Å². The first-order chi connectivity index (χ1) is 8.29. The molecule has 0 saturated carbocycles. The summed E-state index contributed by atoms with van der Waals surface area (Å²) in [6, 6.07) is 0.436. The van der Waals surface area contributed by atoms with Crippen LogP contribution in [-0.4, -0.2) is 29.4 Å². The van der Waals surface area contributed by atoms with Crippen LogP contribution < -0.4 is 5.32 Å². The Balaban J connectivity index is 1.76. The molecule has 0 unspecified atom stereocenters. The van der Waals surface area contributed by atoms with E-state index in [1.54, 1.807) is 0 Å². The average molecular weight is 239 g/mol.